The van der Waals surface area contributed by atoms with Crippen LogP contribution in [-0.2, 0) is 14.3 Å². The zero-order chi connectivity index (χ0) is 12.8. The second-order valence-corrected chi connectivity index (χ2v) is 2.76. The van der Waals surface area contributed by atoms with E-state index in [1.165, 1.54) is 19.3 Å². The van der Waals surface area contributed by atoms with E-state index in [1.54, 1.807) is 0 Å². The first-order chi connectivity index (χ1) is 7.54. The van der Waals surface area contributed by atoms with Crippen molar-refractivity contribution in [3.8, 4) is 0 Å². The van der Waals surface area contributed by atoms with Crippen LogP contribution in [0.3, 0.4) is 0 Å². The van der Waals surface area contributed by atoms with Gasteiger partial charge >= 0.3 is 11.9 Å². The van der Waals surface area contributed by atoms with Crippen LogP contribution in [0.25, 0.3) is 0 Å². The summed E-state index contributed by atoms with van der Waals surface area (Å²) in [5, 5.41) is 15.2. The van der Waals surface area contributed by atoms with E-state index in [2.05, 4.69) is 13.2 Å². The number of hydrogen-bond donors (Lipinski definition) is 2. The SMILES string of the molecule is C1CCOCC1.C=CC(=O)O.C=CC(=O)O. The van der Waals surface area contributed by atoms with Crippen LogP contribution in [0.1, 0.15) is 19.3 Å². The summed E-state index contributed by atoms with van der Waals surface area (Å²) in [7, 11) is 0. The fraction of sp³-hybridized carbons (Fsp3) is 0.455. The average Bonchev–Trinajstić information content (AvgIpc) is 2.32. The average molecular weight is 230 g/mol. The minimum Gasteiger partial charge on any atom is -0.478 e. The topological polar surface area (TPSA) is 83.8 Å². The monoisotopic (exact) mass is 230 g/mol. The van der Waals surface area contributed by atoms with E-state index in [1.807, 2.05) is 0 Å². The minimum atomic E-state index is -0.981. The molecular formula is C11H18O5. The summed E-state index contributed by atoms with van der Waals surface area (Å²) < 4.78 is 5.07. The lowest BCUT2D eigenvalue weighted by Crippen LogP contribution is -2.03. The molecule has 1 aliphatic rings. The molecule has 0 aromatic carbocycles. The molecule has 1 fully saturated rings. The molecule has 1 heterocycles. The quantitative estimate of drug-likeness (QED) is 0.705. The molecule has 1 saturated heterocycles. The van der Waals surface area contributed by atoms with Gasteiger partial charge in [-0.05, 0) is 19.3 Å². The summed E-state index contributed by atoms with van der Waals surface area (Å²) in [5.74, 6) is -1.96. The summed E-state index contributed by atoms with van der Waals surface area (Å²) in [5.41, 5.74) is 0. The molecule has 0 bridgehead atoms. The molecule has 0 aliphatic carbocycles. The smallest absolute Gasteiger partial charge is 0.327 e. The Kier molecular flexibility index (Phi) is 14.0. The Bertz CT molecular complexity index is 189. The Morgan fingerprint density at radius 2 is 1.25 bits per heavy atom. The van der Waals surface area contributed by atoms with E-state index in [9.17, 15) is 9.59 Å². The Balaban J connectivity index is 0. The van der Waals surface area contributed by atoms with E-state index in [-0.39, 0.29) is 0 Å². The molecule has 0 spiro atoms. The van der Waals surface area contributed by atoms with Gasteiger partial charge in [-0.15, -0.1) is 0 Å². The number of rotatable bonds is 2. The van der Waals surface area contributed by atoms with E-state index in [0.29, 0.717) is 0 Å². The molecule has 1 aliphatic heterocycles. The predicted octanol–water partition coefficient (Wildman–Crippen LogP) is 1.70. The number of ether oxygens (including phenoxy) is 1. The maximum absolute atomic E-state index is 9.25. The molecular weight excluding hydrogens is 212 g/mol. The molecule has 0 saturated carbocycles. The number of aliphatic carboxylic acids is 2. The van der Waals surface area contributed by atoms with Crippen LogP contribution < -0.4 is 0 Å². The third kappa shape index (κ3) is 22.8. The summed E-state index contributed by atoms with van der Waals surface area (Å²) in [6, 6.07) is 0. The highest BCUT2D eigenvalue weighted by atomic mass is 16.5. The Morgan fingerprint density at radius 3 is 1.31 bits per heavy atom. The highest BCUT2D eigenvalue weighted by molar-refractivity contribution is 5.79. The molecule has 0 atom stereocenters. The Labute approximate surface area is 95.0 Å². The molecule has 0 aromatic rings. The maximum Gasteiger partial charge on any atom is 0.327 e. The summed E-state index contributed by atoms with van der Waals surface area (Å²) >= 11 is 0. The zero-order valence-corrected chi connectivity index (χ0v) is 9.22. The van der Waals surface area contributed by atoms with Crippen molar-refractivity contribution in [2.45, 2.75) is 19.3 Å². The number of carboxylic acid groups (broad SMARTS) is 2. The van der Waals surface area contributed by atoms with Crippen LogP contribution in [0.4, 0.5) is 0 Å². The van der Waals surface area contributed by atoms with Crippen molar-refractivity contribution < 1.29 is 24.5 Å². The van der Waals surface area contributed by atoms with Crippen molar-refractivity contribution >= 4 is 11.9 Å². The van der Waals surface area contributed by atoms with Gasteiger partial charge in [0.25, 0.3) is 0 Å². The van der Waals surface area contributed by atoms with Crippen LogP contribution in [0.2, 0.25) is 0 Å². The molecule has 92 valence electrons. The second-order valence-electron chi connectivity index (χ2n) is 2.76. The molecule has 5 nitrogen and oxygen atoms in total. The van der Waals surface area contributed by atoms with Crippen LogP contribution in [0.5, 0.6) is 0 Å². The summed E-state index contributed by atoms with van der Waals surface area (Å²) in [6.07, 6.45) is 5.60. The Hall–Kier alpha value is -1.62. The fourth-order valence-corrected chi connectivity index (χ4v) is 0.687. The van der Waals surface area contributed by atoms with Crippen LogP contribution in [-0.4, -0.2) is 35.4 Å². The highest BCUT2D eigenvalue weighted by Gasteiger charge is 1.95. The first-order valence-corrected chi connectivity index (χ1v) is 4.83. The number of carbonyl (C=O) groups is 2. The number of carboxylic acids is 2. The largest absolute Gasteiger partial charge is 0.478 e. The minimum absolute atomic E-state index is 0.833. The van der Waals surface area contributed by atoms with Crippen molar-refractivity contribution in [1.82, 2.24) is 0 Å². The lowest BCUT2D eigenvalue weighted by Gasteiger charge is -2.08. The summed E-state index contributed by atoms with van der Waals surface area (Å²) in [4.78, 5) is 18.5. The van der Waals surface area contributed by atoms with Gasteiger partial charge in [0.15, 0.2) is 0 Å². The van der Waals surface area contributed by atoms with Gasteiger partial charge in [-0.25, -0.2) is 9.59 Å². The number of hydrogen-bond acceptors (Lipinski definition) is 3. The standard InChI is InChI=1S/C5H10O.2C3H4O2/c1-2-4-6-5-3-1;2*1-2-3(4)5/h1-5H2;2*2H,1H2,(H,4,5). The maximum atomic E-state index is 9.25. The van der Waals surface area contributed by atoms with Crippen molar-refractivity contribution in [1.29, 1.82) is 0 Å². The Morgan fingerprint density at radius 1 is 0.938 bits per heavy atom. The molecule has 0 aromatic heterocycles. The van der Waals surface area contributed by atoms with Gasteiger partial charge in [-0.3, -0.25) is 0 Å². The normalized spacial score (nSPS) is 13.0. The van der Waals surface area contributed by atoms with E-state index < -0.39 is 11.9 Å². The molecule has 16 heavy (non-hydrogen) atoms. The zero-order valence-electron chi connectivity index (χ0n) is 9.22. The second kappa shape index (κ2) is 13.4. The van der Waals surface area contributed by atoms with Crippen molar-refractivity contribution in [3.05, 3.63) is 25.3 Å². The van der Waals surface area contributed by atoms with Gasteiger partial charge in [-0.1, -0.05) is 13.2 Å². The lowest BCUT2D eigenvalue weighted by atomic mass is 10.2. The van der Waals surface area contributed by atoms with Crippen LogP contribution >= 0.6 is 0 Å². The van der Waals surface area contributed by atoms with E-state index >= 15 is 0 Å². The van der Waals surface area contributed by atoms with Crippen LogP contribution in [0.15, 0.2) is 25.3 Å². The van der Waals surface area contributed by atoms with E-state index in [4.69, 9.17) is 14.9 Å². The summed E-state index contributed by atoms with van der Waals surface area (Å²) in [6.45, 7) is 7.92. The van der Waals surface area contributed by atoms with Gasteiger partial charge in [0, 0.05) is 25.4 Å². The molecule has 5 heteroatoms. The van der Waals surface area contributed by atoms with Crippen molar-refractivity contribution in [2.24, 2.45) is 0 Å². The lowest BCUT2D eigenvalue weighted by molar-refractivity contribution is -0.132. The van der Waals surface area contributed by atoms with Crippen LogP contribution in [0, 0.1) is 0 Å². The predicted molar refractivity (Wildman–Crippen MR) is 60.3 cm³/mol. The van der Waals surface area contributed by atoms with Gasteiger partial charge in [0.1, 0.15) is 0 Å². The van der Waals surface area contributed by atoms with Gasteiger partial charge < -0.3 is 14.9 Å². The van der Waals surface area contributed by atoms with Gasteiger partial charge in [0.05, 0.1) is 0 Å². The van der Waals surface area contributed by atoms with Gasteiger partial charge in [-0.2, -0.15) is 0 Å². The molecule has 0 unspecified atom stereocenters. The first kappa shape index (κ1) is 16.8. The molecule has 1 rings (SSSR count). The fourth-order valence-electron chi connectivity index (χ4n) is 0.687. The molecule has 0 radical (unpaired) electrons. The van der Waals surface area contributed by atoms with Gasteiger partial charge in [0.2, 0.25) is 0 Å². The highest BCUT2D eigenvalue weighted by Crippen LogP contribution is 2.02. The molecule has 0 amide bonds. The first-order valence-electron chi connectivity index (χ1n) is 4.83. The molecule has 2 N–H and O–H groups in total. The van der Waals surface area contributed by atoms with Crippen molar-refractivity contribution in [2.75, 3.05) is 13.2 Å². The van der Waals surface area contributed by atoms with Crippen molar-refractivity contribution in [3.63, 3.8) is 0 Å². The third-order valence-corrected chi connectivity index (χ3v) is 1.43. The third-order valence-electron chi connectivity index (χ3n) is 1.43. The van der Waals surface area contributed by atoms with E-state index in [0.717, 1.165) is 25.4 Å².